The number of nitrogens with one attached hydrogen (secondary N) is 1. The second kappa shape index (κ2) is 8.66. The number of primary amides is 1. The zero-order chi connectivity index (χ0) is 19.1. The molecule has 0 bridgehead atoms. The molecule has 0 saturated heterocycles. The van der Waals surface area contributed by atoms with Gasteiger partial charge >= 0.3 is 5.97 Å². The van der Waals surface area contributed by atoms with Crippen LogP contribution in [0.4, 0.5) is 5.69 Å². The van der Waals surface area contributed by atoms with E-state index in [-0.39, 0.29) is 5.56 Å². The fourth-order valence-electron chi connectivity index (χ4n) is 2.16. The van der Waals surface area contributed by atoms with Gasteiger partial charge in [0.05, 0.1) is 6.61 Å². The normalized spacial score (nSPS) is 11.3. The van der Waals surface area contributed by atoms with Crippen LogP contribution < -0.4 is 15.8 Å². The van der Waals surface area contributed by atoms with E-state index in [1.54, 1.807) is 24.3 Å². The van der Waals surface area contributed by atoms with E-state index in [1.807, 2.05) is 6.92 Å². The molecule has 1 atom stereocenters. The van der Waals surface area contributed by atoms with Gasteiger partial charge in [-0.1, -0.05) is 12.1 Å². The van der Waals surface area contributed by atoms with E-state index in [2.05, 4.69) is 5.32 Å². The Labute approximate surface area is 151 Å². The maximum atomic E-state index is 12.3. The maximum absolute atomic E-state index is 12.3. The first-order chi connectivity index (χ1) is 12.4. The average Bonchev–Trinajstić information content (AvgIpc) is 2.62. The lowest BCUT2D eigenvalue weighted by atomic mass is 10.2. The van der Waals surface area contributed by atoms with Crippen molar-refractivity contribution >= 4 is 23.5 Å². The molecule has 0 fully saturated rings. The van der Waals surface area contributed by atoms with Crippen LogP contribution in [0.5, 0.6) is 5.75 Å². The second-order valence-corrected chi connectivity index (χ2v) is 5.41. The van der Waals surface area contributed by atoms with Crippen molar-refractivity contribution in [3.05, 3.63) is 59.7 Å². The summed E-state index contributed by atoms with van der Waals surface area (Å²) in [7, 11) is 0. The molecule has 0 radical (unpaired) electrons. The van der Waals surface area contributed by atoms with Crippen LogP contribution in [-0.4, -0.2) is 30.5 Å². The molecule has 2 aromatic rings. The van der Waals surface area contributed by atoms with Crippen LogP contribution in [0.2, 0.25) is 0 Å². The van der Waals surface area contributed by atoms with Crippen LogP contribution in [0.1, 0.15) is 34.6 Å². The van der Waals surface area contributed by atoms with Gasteiger partial charge in [0.1, 0.15) is 11.3 Å². The van der Waals surface area contributed by atoms with Crippen LogP contribution in [0, 0.1) is 0 Å². The molecule has 0 aliphatic rings. The van der Waals surface area contributed by atoms with Gasteiger partial charge in [-0.3, -0.25) is 9.59 Å². The number of rotatable bonds is 7. The Morgan fingerprint density at radius 3 is 2.35 bits per heavy atom. The van der Waals surface area contributed by atoms with Gasteiger partial charge in [-0.2, -0.15) is 0 Å². The number of carbonyl (C=O) groups excluding carboxylic acids is 3. The minimum atomic E-state index is -1.02. The number of para-hydroxylation sites is 1. The van der Waals surface area contributed by atoms with Gasteiger partial charge in [-0.15, -0.1) is 0 Å². The monoisotopic (exact) mass is 356 g/mol. The van der Waals surface area contributed by atoms with E-state index >= 15 is 0 Å². The molecule has 0 aromatic heterocycles. The number of carbonyl (C=O) groups is 3. The van der Waals surface area contributed by atoms with E-state index in [9.17, 15) is 14.4 Å². The van der Waals surface area contributed by atoms with Gasteiger partial charge in [0.15, 0.2) is 6.10 Å². The van der Waals surface area contributed by atoms with Gasteiger partial charge in [0.2, 0.25) is 5.91 Å². The Hall–Kier alpha value is -3.35. The first kappa shape index (κ1) is 19.0. The van der Waals surface area contributed by atoms with Crippen LogP contribution in [-0.2, 0) is 9.53 Å². The Morgan fingerprint density at radius 1 is 1.08 bits per heavy atom. The Morgan fingerprint density at radius 2 is 1.73 bits per heavy atom. The molecule has 2 amide bonds. The molecule has 0 aliphatic heterocycles. The standard InChI is InChI=1S/C19H20N2O5/c1-3-25-16-7-5-4-6-15(16)19(24)26-12(2)18(23)21-14-10-8-13(9-11-14)17(20)22/h4-12H,3H2,1-2H3,(H2,20,22)(H,21,23)/t12-/m0/s1. The highest BCUT2D eigenvalue weighted by Gasteiger charge is 2.21. The summed E-state index contributed by atoms with van der Waals surface area (Å²) in [5, 5.41) is 2.60. The Bertz CT molecular complexity index is 802. The molecular weight excluding hydrogens is 336 g/mol. The lowest BCUT2D eigenvalue weighted by Gasteiger charge is -2.15. The predicted octanol–water partition coefficient (Wildman–Crippen LogP) is 2.37. The second-order valence-electron chi connectivity index (χ2n) is 5.41. The van der Waals surface area contributed by atoms with Crippen molar-refractivity contribution in [1.29, 1.82) is 0 Å². The number of nitrogens with two attached hydrogens (primary N) is 1. The SMILES string of the molecule is CCOc1ccccc1C(=O)O[C@@H](C)C(=O)Nc1ccc(C(N)=O)cc1. The van der Waals surface area contributed by atoms with Gasteiger partial charge < -0.3 is 20.5 Å². The molecular formula is C19H20N2O5. The largest absolute Gasteiger partial charge is 0.493 e. The van der Waals surface area contributed by atoms with Crippen molar-refractivity contribution in [3.63, 3.8) is 0 Å². The Kier molecular flexibility index (Phi) is 6.32. The highest BCUT2D eigenvalue weighted by molar-refractivity contribution is 5.99. The molecule has 7 heteroatoms. The van der Waals surface area contributed by atoms with Gasteiger partial charge in [0, 0.05) is 11.3 Å². The fourth-order valence-corrected chi connectivity index (χ4v) is 2.16. The number of ether oxygens (including phenoxy) is 2. The molecule has 0 unspecified atom stereocenters. The molecule has 0 saturated carbocycles. The van der Waals surface area contributed by atoms with Crippen LogP contribution in [0.15, 0.2) is 48.5 Å². The average molecular weight is 356 g/mol. The third kappa shape index (κ3) is 4.83. The van der Waals surface area contributed by atoms with Crippen molar-refractivity contribution in [3.8, 4) is 5.75 Å². The van der Waals surface area contributed by atoms with Crippen molar-refractivity contribution in [2.24, 2.45) is 5.73 Å². The molecule has 3 N–H and O–H groups in total. The summed E-state index contributed by atoms with van der Waals surface area (Å²) in [6.45, 7) is 3.68. The topological polar surface area (TPSA) is 108 Å². The number of esters is 1. The minimum Gasteiger partial charge on any atom is -0.493 e. The lowest BCUT2D eigenvalue weighted by Crippen LogP contribution is -2.30. The summed E-state index contributed by atoms with van der Waals surface area (Å²) in [6, 6.07) is 12.7. The zero-order valence-corrected chi connectivity index (χ0v) is 14.5. The zero-order valence-electron chi connectivity index (χ0n) is 14.5. The number of hydrogen-bond donors (Lipinski definition) is 2. The summed E-state index contributed by atoms with van der Waals surface area (Å²) < 4.78 is 10.6. The predicted molar refractivity (Wildman–Crippen MR) is 96.1 cm³/mol. The van der Waals surface area contributed by atoms with E-state index in [0.717, 1.165) is 0 Å². The quantitative estimate of drug-likeness (QED) is 0.741. The summed E-state index contributed by atoms with van der Waals surface area (Å²) in [5.74, 6) is -1.31. The number of anilines is 1. The molecule has 2 rings (SSSR count). The number of benzene rings is 2. The third-order valence-corrected chi connectivity index (χ3v) is 3.50. The summed E-state index contributed by atoms with van der Waals surface area (Å²) >= 11 is 0. The number of amides is 2. The van der Waals surface area contributed by atoms with Gasteiger partial charge in [-0.05, 0) is 50.2 Å². The molecule has 2 aromatic carbocycles. The van der Waals surface area contributed by atoms with Crippen molar-refractivity contribution in [2.45, 2.75) is 20.0 Å². The van der Waals surface area contributed by atoms with E-state index in [0.29, 0.717) is 23.6 Å². The third-order valence-electron chi connectivity index (χ3n) is 3.50. The Balaban J connectivity index is 2.00. The van der Waals surface area contributed by atoms with Crippen molar-refractivity contribution < 1.29 is 23.9 Å². The minimum absolute atomic E-state index is 0.250. The van der Waals surface area contributed by atoms with E-state index in [1.165, 1.54) is 31.2 Å². The summed E-state index contributed by atoms with van der Waals surface area (Å²) in [5.41, 5.74) is 6.20. The van der Waals surface area contributed by atoms with Crippen molar-refractivity contribution in [1.82, 2.24) is 0 Å². The van der Waals surface area contributed by atoms with Gasteiger partial charge in [0.25, 0.3) is 5.91 Å². The highest BCUT2D eigenvalue weighted by Crippen LogP contribution is 2.20. The van der Waals surface area contributed by atoms with E-state index < -0.39 is 23.9 Å². The molecule has 0 spiro atoms. The number of hydrogen-bond acceptors (Lipinski definition) is 5. The molecule has 26 heavy (non-hydrogen) atoms. The molecule has 0 aliphatic carbocycles. The maximum Gasteiger partial charge on any atom is 0.342 e. The van der Waals surface area contributed by atoms with Crippen molar-refractivity contribution in [2.75, 3.05) is 11.9 Å². The first-order valence-electron chi connectivity index (χ1n) is 8.06. The lowest BCUT2D eigenvalue weighted by molar-refractivity contribution is -0.123. The summed E-state index contributed by atoms with van der Waals surface area (Å²) in [4.78, 5) is 35.5. The summed E-state index contributed by atoms with van der Waals surface area (Å²) in [6.07, 6.45) is -1.02. The van der Waals surface area contributed by atoms with Crippen LogP contribution in [0.25, 0.3) is 0 Å². The van der Waals surface area contributed by atoms with Crippen LogP contribution in [0.3, 0.4) is 0 Å². The first-order valence-corrected chi connectivity index (χ1v) is 8.06. The highest BCUT2D eigenvalue weighted by atomic mass is 16.5. The van der Waals surface area contributed by atoms with Gasteiger partial charge in [-0.25, -0.2) is 4.79 Å². The fraction of sp³-hybridized carbons (Fsp3) is 0.211. The smallest absolute Gasteiger partial charge is 0.342 e. The molecule has 7 nitrogen and oxygen atoms in total. The van der Waals surface area contributed by atoms with Crippen LogP contribution >= 0.6 is 0 Å². The molecule has 136 valence electrons. The molecule has 0 heterocycles. The van der Waals surface area contributed by atoms with E-state index in [4.69, 9.17) is 15.2 Å².